The van der Waals surface area contributed by atoms with Crippen LogP contribution in [0, 0.1) is 0 Å². The van der Waals surface area contributed by atoms with E-state index < -0.39 is 9.84 Å². The van der Waals surface area contributed by atoms with E-state index in [0.717, 1.165) is 74.8 Å². The Morgan fingerprint density at radius 2 is 1.64 bits per heavy atom. The summed E-state index contributed by atoms with van der Waals surface area (Å²) in [5, 5.41) is 4.37. The number of hydrogen-bond acceptors (Lipinski definition) is 4. The third-order valence-corrected chi connectivity index (χ3v) is 12.2. The third kappa shape index (κ3) is 5.40. The highest BCUT2D eigenvalue weighted by Gasteiger charge is 2.33. The largest absolute Gasteiger partial charge is 0.456 e. The van der Waals surface area contributed by atoms with Crippen LogP contribution < -0.4 is 5.32 Å². The summed E-state index contributed by atoms with van der Waals surface area (Å²) in [6.07, 6.45) is 18.8. The van der Waals surface area contributed by atoms with E-state index in [0.29, 0.717) is 0 Å². The fourth-order valence-corrected chi connectivity index (χ4v) is 9.76. The number of allylic oxidation sites excluding steroid dienone is 7. The zero-order valence-corrected chi connectivity index (χ0v) is 29.1. The monoisotopic (exact) mass is 675 g/mol. The molecule has 0 saturated carbocycles. The highest BCUT2D eigenvalue weighted by Crippen LogP contribution is 2.45. The number of hydrogen-bond donors (Lipinski definition) is 1. The van der Waals surface area contributed by atoms with Gasteiger partial charge in [-0.3, -0.25) is 0 Å². The van der Waals surface area contributed by atoms with Crippen molar-refractivity contribution in [3.05, 3.63) is 167 Å². The van der Waals surface area contributed by atoms with E-state index in [1.807, 2.05) is 36.4 Å². The molecule has 0 radical (unpaired) electrons. The Bertz CT molecular complexity index is 2540. The molecule has 0 saturated heterocycles. The number of fused-ring (bicyclic) bond motifs is 6. The summed E-state index contributed by atoms with van der Waals surface area (Å²) in [7, 11) is -1.24. The molecule has 0 bridgehead atoms. The van der Waals surface area contributed by atoms with E-state index in [4.69, 9.17) is 4.42 Å². The minimum Gasteiger partial charge on any atom is -0.456 e. The van der Waals surface area contributed by atoms with Gasteiger partial charge in [0.05, 0.1) is 18.1 Å². The van der Waals surface area contributed by atoms with E-state index in [2.05, 4.69) is 116 Å². The summed E-state index contributed by atoms with van der Waals surface area (Å²) in [6.45, 7) is 4.15. The molecular weight excluding hydrogens is 637 g/mol. The van der Waals surface area contributed by atoms with Gasteiger partial charge in [0.1, 0.15) is 17.4 Å². The van der Waals surface area contributed by atoms with Crippen molar-refractivity contribution in [3.8, 4) is 22.3 Å². The third-order valence-electron chi connectivity index (χ3n) is 10.7. The number of rotatable bonds is 4. The van der Waals surface area contributed by atoms with Crippen molar-refractivity contribution in [1.29, 1.82) is 0 Å². The molecule has 0 fully saturated rings. The maximum atomic E-state index is 13.5. The van der Waals surface area contributed by atoms with Crippen molar-refractivity contribution in [3.63, 3.8) is 0 Å². The first-order valence-corrected chi connectivity index (χ1v) is 19.1. The first kappa shape index (κ1) is 30.9. The summed E-state index contributed by atoms with van der Waals surface area (Å²) < 4.78 is 33.2. The van der Waals surface area contributed by atoms with Crippen LogP contribution in [0.3, 0.4) is 0 Å². The number of furan rings is 1. The van der Waals surface area contributed by atoms with Gasteiger partial charge in [-0.25, -0.2) is 8.42 Å². The van der Waals surface area contributed by atoms with E-state index >= 15 is 0 Å². The van der Waals surface area contributed by atoms with Crippen molar-refractivity contribution in [2.45, 2.75) is 30.3 Å². The lowest BCUT2D eigenvalue weighted by Crippen LogP contribution is -2.78. The first-order chi connectivity index (χ1) is 24.2. The van der Waals surface area contributed by atoms with Crippen LogP contribution in [0.2, 0.25) is 0 Å². The number of likely N-dealkylation sites (N-methyl/N-ethyl adjacent to an activating group) is 1. The SMILES string of the molecule is CN1C=CC=C(C2=CC(C3=C[NH2+]CC=C3)=CC(C)(c3ccc4c(c3)-c3cc(-c5cccc6oc7ccccc7c56)ccc3CS(=O)(=O)C4)C2)C1. The Hall–Kier alpha value is -5.17. The molecule has 1 unspecified atom stereocenters. The van der Waals surface area contributed by atoms with Crippen molar-refractivity contribution in [2.24, 2.45) is 0 Å². The van der Waals surface area contributed by atoms with Crippen molar-refractivity contribution in [2.75, 3.05) is 20.1 Å². The molecule has 4 heterocycles. The van der Waals surface area contributed by atoms with Crippen molar-refractivity contribution >= 4 is 31.8 Å². The maximum absolute atomic E-state index is 13.5. The topological polar surface area (TPSA) is 67.1 Å². The van der Waals surface area contributed by atoms with Gasteiger partial charge in [-0.1, -0.05) is 79.7 Å². The summed E-state index contributed by atoms with van der Waals surface area (Å²) in [5.41, 5.74) is 13.5. The molecule has 1 aliphatic carbocycles. The molecule has 50 heavy (non-hydrogen) atoms. The van der Waals surface area contributed by atoms with Gasteiger partial charge >= 0.3 is 0 Å². The molecule has 4 aliphatic rings. The lowest BCUT2D eigenvalue weighted by atomic mass is 9.69. The second-order valence-electron chi connectivity index (χ2n) is 14.4. The van der Waals surface area contributed by atoms with Gasteiger partial charge in [-0.15, -0.1) is 0 Å². The number of sulfone groups is 1. The van der Waals surface area contributed by atoms with E-state index in [1.54, 1.807) is 0 Å². The lowest BCUT2D eigenvalue weighted by molar-refractivity contribution is -0.579. The van der Waals surface area contributed by atoms with Gasteiger partial charge in [-0.2, -0.15) is 0 Å². The van der Waals surface area contributed by atoms with Crippen molar-refractivity contribution in [1.82, 2.24) is 4.90 Å². The Labute approximate surface area is 293 Å². The molecule has 4 aromatic carbocycles. The van der Waals surface area contributed by atoms with Gasteiger partial charge in [0.25, 0.3) is 0 Å². The van der Waals surface area contributed by atoms with Crippen LogP contribution in [0.15, 0.2) is 154 Å². The Morgan fingerprint density at radius 3 is 2.46 bits per heavy atom. The molecular formula is C44H39N2O3S+. The molecule has 6 heteroatoms. The van der Waals surface area contributed by atoms with Gasteiger partial charge in [-0.05, 0) is 111 Å². The summed E-state index contributed by atoms with van der Waals surface area (Å²) in [5.74, 6) is 0.0441. The molecule has 1 atom stereocenters. The summed E-state index contributed by atoms with van der Waals surface area (Å²) in [4.78, 5) is 2.23. The highest BCUT2D eigenvalue weighted by atomic mass is 32.2. The fourth-order valence-electron chi connectivity index (χ4n) is 8.20. The predicted molar refractivity (Wildman–Crippen MR) is 203 cm³/mol. The highest BCUT2D eigenvalue weighted by molar-refractivity contribution is 7.89. The van der Waals surface area contributed by atoms with Crippen LogP contribution >= 0.6 is 0 Å². The second-order valence-corrected chi connectivity index (χ2v) is 16.4. The maximum Gasteiger partial charge on any atom is 0.158 e. The van der Waals surface area contributed by atoms with E-state index in [-0.39, 0.29) is 16.9 Å². The second kappa shape index (κ2) is 11.7. The van der Waals surface area contributed by atoms with E-state index in [1.165, 1.54) is 27.9 Å². The van der Waals surface area contributed by atoms with Crippen LogP contribution in [0.4, 0.5) is 0 Å². The van der Waals surface area contributed by atoms with Crippen LogP contribution in [-0.4, -0.2) is 33.5 Å². The van der Waals surface area contributed by atoms with Gasteiger partial charge in [0.15, 0.2) is 9.84 Å². The van der Waals surface area contributed by atoms with E-state index in [9.17, 15) is 8.42 Å². The zero-order valence-electron chi connectivity index (χ0n) is 28.3. The van der Waals surface area contributed by atoms with Crippen LogP contribution in [-0.2, 0) is 26.8 Å². The summed E-state index contributed by atoms with van der Waals surface area (Å²) >= 11 is 0. The zero-order chi connectivity index (χ0) is 34.0. The molecule has 1 aromatic heterocycles. The summed E-state index contributed by atoms with van der Waals surface area (Å²) in [6, 6.07) is 27.1. The van der Waals surface area contributed by atoms with Gasteiger partial charge in [0, 0.05) is 35.4 Å². The lowest BCUT2D eigenvalue weighted by Gasteiger charge is -2.35. The normalized spacial score (nSPS) is 21.2. The Kier molecular flexibility index (Phi) is 7.23. The minimum atomic E-state index is -3.36. The quantitative estimate of drug-likeness (QED) is 0.208. The number of benzene rings is 4. The van der Waals surface area contributed by atoms with Gasteiger partial charge in [0.2, 0.25) is 0 Å². The smallest absolute Gasteiger partial charge is 0.158 e. The molecule has 5 aromatic rings. The average molecular weight is 676 g/mol. The number of quaternary nitrogens is 1. The minimum absolute atomic E-state index is 0.0197. The van der Waals surface area contributed by atoms with Crippen LogP contribution in [0.5, 0.6) is 0 Å². The number of para-hydroxylation sites is 1. The predicted octanol–water partition coefficient (Wildman–Crippen LogP) is 8.27. The molecule has 5 nitrogen and oxygen atoms in total. The standard InChI is InChI=1S/C44H38N2O3S/c1-44(23-34(30-8-6-18-45-25-30)20-35(24-44)31-9-7-19-46(2)26-31)36-17-16-33-28-50(47,48)27-32-15-14-29(21-39(32)40(33)22-36)37-11-5-13-42-43(37)38-10-3-4-12-41(38)49-42/h3-17,19-23,25,45H,18,24,26-28H2,1-2H3/p+1. The van der Waals surface area contributed by atoms with Gasteiger partial charge < -0.3 is 14.6 Å². The molecule has 0 spiro atoms. The van der Waals surface area contributed by atoms with Crippen LogP contribution in [0.1, 0.15) is 30.0 Å². The molecule has 3 aliphatic heterocycles. The number of nitrogens with two attached hydrogens (primary N) is 1. The molecule has 9 rings (SSSR count). The first-order valence-electron chi connectivity index (χ1n) is 17.3. The van der Waals surface area contributed by atoms with Crippen molar-refractivity contribution < 1.29 is 18.2 Å². The molecule has 2 N–H and O–H groups in total. The Balaban J connectivity index is 1.20. The molecule has 0 amide bonds. The fraction of sp³-hybridized carbons (Fsp3) is 0.182. The number of nitrogens with zero attached hydrogens (tertiary/aromatic N) is 1. The average Bonchev–Trinajstić information content (AvgIpc) is 3.46. The molecule has 248 valence electrons. The van der Waals surface area contributed by atoms with Crippen LogP contribution in [0.25, 0.3) is 44.2 Å². The Morgan fingerprint density at radius 1 is 0.840 bits per heavy atom.